The molecule has 0 radical (unpaired) electrons. The van der Waals surface area contributed by atoms with E-state index in [4.69, 9.17) is 21.6 Å². The first kappa shape index (κ1) is 23.3. The number of hydrogen-bond donors (Lipinski definition) is 0. The van der Waals surface area contributed by atoms with E-state index in [0.29, 0.717) is 12.1 Å². The molecule has 0 saturated heterocycles. The Morgan fingerprint density at radius 2 is 1.66 bits per heavy atom. The monoisotopic (exact) mass is 468 g/mol. The Balaban J connectivity index is 1.97. The molecule has 32 heavy (non-hydrogen) atoms. The molecule has 0 saturated carbocycles. The molecule has 0 N–H and O–H groups in total. The van der Waals surface area contributed by atoms with Crippen LogP contribution in [0.5, 0.6) is 0 Å². The molecule has 3 rings (SSSR count). The number of para-hydroxylation sites is 1. The van der Waals surface area contributed by atoms with Crippen LogP contribution in [-0.2, 0) is 21.3 Å². The largest absolute Gasteiger partial charge is 0.462 e. The van der Waals surface area contributed by atoms with E-state index in [1.165, 1.54) is 22.5 Å². The van der Waals surface area contributed by atoms with Crippen molar-refractivity contribution in [2.75, 3.05) is 10.9 Å². The van der Waals surface area contributed by atoms with E-state index in [-0.39, 0.29) is 35.1 Å². The van der Waals surface area contributed by atoms with E-state index in [2.05, 4.69) is 0 Å². The van der Waals surface area contributed by atoms with Gasteiger partial charge in [0.1, 0.15) is 4.90 Å². The molecular formula is C24H21ClN2O4S. The van der Waals surface area contributed by atoms with Gasteiger partial charge in [-0.05, 0) is 42.3 Å². The molecule has 3 aromatic carbocycles. The van der Waals surface area contributed by atoms with Gasteiger partial charge < -0.3 is 4.74 Å². The summed E-state index contributed by atoms with van der Waals surface area (Å²) in [5, 5.41) is 8.58. The second-order valence-corrected chi connectivity index (χ2v) is 9.11. The van der Waals surface area contributed by atoms with Crippen molar-refractivity contribution in [3.05, 3.63) is 95.0 Å². The highest BCUT2D eigenvalue weighted by Gasteiger charge is 2.28. The zero-order chi connectivity index (χ0) is 23.0. The van der Waals surface area contributed by atoms with Gasteiger partial charge in [0.05, 0.1) is 35.5 Å². The summed E-state index contributed by atoms with van der Waals surface area (Å²) in [7, 11) is -4.12. The summed E-state index contributed by atoms with van der Waals surface area (Å²) >= 11 is 6.27. The fourth-order valence-corrected chi connectivity index (χ4v) is 4.96. The summed E-state index contributed by atoms with van der Waals surface area (Å²) in [6.07, 6.45) is 0.666. The van der Waals surface area contributed by atoms with E-state index >= 15 is 0 Å². The van der Waals surface area contributed by atoms with Gasteiger partial charge in [-0.1, -0.05) is 60.1 Å². The Morgan fingerprint density at radius 3 is 2.31 bits per heavy atom. The number of nitrogens with zero attached hydrogens (tertiary/aromatic N) is 2. The molecule has 3 aromatic rings. The van der Waals surface area contributed by atoms with Crippen molar-refractivity contribution >= 4 is 33.3 Å². The summed E-state index contributed by atoms with van der Waals surface area (Å²) < 4.78 is 33.8. The third-order valence-corrected chi connectivity index (χ3v) is 6.87. The smallest absolute Gasteiger partial charge is 0.338 e. The lowest BCUT2D eigenvalue weighted by molar-refractivity contribution is 0.0501. The van der Waals surface area contributed by atoms with Crippen molar-refractivity contribution in [1.82, 2.24) is 0 Å². The van der Waals surface area contributed by atoms with Crippen molar-refractivity contribution in [2.45, 2.75) is 24.3 Å². The minimum absolute atomic E-state index is 0.0000216. The average molecular weight is 469 g/mol. The van der Waals surface area contributed by atoms with Crippen LogP contribution < -0.4 is 4.31 Å². The van der Waals surface area contributed by atoms with E-state index in [0.717, 1.165) is 5.56 Å². The Morgan fingerprint density at radius 1 is 1.00 bits per heavy atom. The first-order valence-electron chi connectivity index (χ1n) is 9.89. The van der Waals surface area contributed by atoms with Crippen LogP contribution in [0.2, 0.25) is 5.02 Å². The number of hydrogen-bond acceptors (Lipinski definition) is 5. The first-order valence-corrected chi connectivity index (χ1v) is 11.7. The van der Waals surface area contributed by atoms with Crippen molar-refractivity contribution in [3.8, 4) is 6.07 Å². The highest BCUT2D eigenvalue weighted by atomic mass is 35.5. The SMILES string of the molecule is N#CCCCOC(=O)c1ccc(Cl)c(S(=O)(=O)N(Cc2ccccc2)c2ccccc2)c1. The predicted molar refractivity (Wildman–Crippen MR) is 123 cm³/mol. The van der Waals surface area contributed by atoms with Gasteiger partial charge in [-0.15, -0.1) is 0 Å². The predicted octanol–water partition coefficient (Wildman–Crippen LogP) is 5.20. The summed E-state index contributed by atoms with van der Waals surface area (Å²) in [6, 6.07) is 23.9. The van der Waals surface area contributed by atoms with E-state index < -0.39 is 16.0 Å². The van der Waals surface area contributed by atoms with Crippen molar-refractivity contribution in [1.29, 1.82) is 5.26 Å². The molecule has 164 valence electrons. The Hall–Kier alpha value is -3.34. The Bertz CT molecular complexity index is 1210. The first-order chi connectivity index (χ1) is 15.4. The van der Waals surface area contributed by atoms with Crippen LogP contribution in [0, 0.1) is 11.3 Å². The van der Waals surface area contributed by atoms with Gasteiger partial charge in [0.2, 0.25) is 0 Å². The van der Waals surface area contributed by atoms with E-state index in [9.17, 15) is 13.2 Å². The maximum absolute atomic E-state index is 13.7. The van der Waals surface area contributed by atoms with Crippen LogP contribution in [-0.4, -0.2) is 21.0 Å². The van der Waals surface area contributed by atoms with Gasteiger partial charge >= 0.3 is 5.97 Å². The molecule has 6 nitrogen and oxygen atoms in total. The number of carbonyl (C=O) groups excluding carboxylic acids is 1. The number of rotatable bonds is 9. The highest BCUT2D eigenvalue weighted by Crippen LogP contribution is 2.31. The minimum atomic E-state index is -4.12. The number of ether oxygens (including phenoxy) is 1. The quantitative estimate of drug-likeness (QED) is 0.318. The molecule has 0 aromatic heterocycles. The number of unbranched alkanes of at least 4 members (excludes halogenated alkanes) is 1. The molecule has 0 aliphatic heterocycles. The van der Waals surface area contributed by atoms with Gasteiger partial charge in [0, 0.05) is 6.42 Å². The molecule has 0 bridgehead atoms. The van der Waals surface area contributed by atoms with Gasteiger partial charge in [-0.2, -0.15) is 5.26 Å². The number of esters is 1. The normalized spacial score (nSPS) is 10.9. The van der Waals surface area contributed by atoms with Crippen LogP contribution in [0.4, 0.5) is 5.69 Å². The molecule has 0 spiro atoms. The van der Waals surface area contributed by atoms with E-state index in [1.807, 2.05) is 36.4 Å². The lowest BCUT2D eigenvalue weighted by Crippen LogP contribution is -2.31. The van der Waals surface area contributed by atoms with Crippen LogP contribution in [0.15, 0.2) is 83.8 Å². The summed E-state index contributed by atoms with van der Waals surface area (Å²) in [5.41, 5.74) is 1.33. The van der Waals surface area contributed by atoms with Crippen LogP contribution in [0.3, 0.4) is 0 Å². The maximum Gasteiger partial charge on any atom is 0.338 e. The molecule has 8 heteroatoms. The molecule has 0 atom stereocenters. The van der Waals surface area contributed by atoms with Crippen LogP contribution >= 0.6 is 11.6 Å². The summed E-state index contributed by atoms with van der Waals surface area (Å²) in [4.78, 5) is 12.2. The fraction of sp³-hybridized carbons (Fsp3) is 0.167. The van der Waals surface area contributed by atoms with Gasteiger partial charge in [-0.25, -0.2) is 13.2 Å². The Labute approximate surface area is 192 Å². The third kappa shape index (κ3) is 5.67. The molecule has 0 fully saturated rings. The fourth-order valence-electron chi connectivity index (χ4n) is 3.00. The van der Waals surface area contributed by atoms with Gasteiger partial charge in [0.25, 0.3) is 10.0 Å². The van der Waals surface area contributed by atoms with Crippen molar-refractivity contribution in [2.24, 2.45) is 0 Å². The standard InChI is InChI=1S/C24H21ClN2O4S/c25-22-14-13-20(24(28)31-16-8-7-15-26)17-23(22)32(29,30)27(21-11-5-2-6-12-21)18-19-9-3-1-4-10-19/h1-6,9-14,17H,7-8,16,18H2. The summed E-state index contributed by atoms with van der Waals surface area (Å²) in [5.74, 6) is -0.676. The van der Waals surface area contributed by atoms with E-state index in [1.54, 1.807) is 30.3 Å². The second kappa shape index (κ2) is 10.8. The molecule has 0 aliphatic carbocycles. The van der Waals surface area contributed by atoms with Crippen LogP contribution in [0.1, 0.15) is 28.8 Å². The number of sulfonamides is 1. The maximum atomic E-state index is 13.7. The molecule has 0 unspecified atom stereocenters. The van der Waals surface area contributed by atoms with Gasteiger partial charge in [0.15, 0.2) is 0 Å². The lowest BCUT2D eigenvalue weighted by Gasteiger charge is -2.25. The third-order valence-electron chi connectivity index (χ3n) is 4.61. The van der Waals surface area contributed by atoms with Gasteiger partial charge in [-0.3, -0.25) is 4.31 Å². The number of halogens is 1. The zero-order valence-corrected chi connectivity index (χ0v) is 18.7. The number of anilines is 1. The molecule has 0 amide bonds. The lowest BCUT2D eigenvalue weighted by atomic mass is 10.2. The number of nitriles is 1. The molecule has 0 aliphatic rings. The van der Waals surface area contributed by atoms with Crippen molar-refractivity contribution in [3.63, 3.8) is 0 Å². The Kier molecular flexibility index (Phi) is 7.87. The second-order valence-electron chi connectivity index (χ2n) is 6.88. The van der Waals surface area contributed by atoms with Crippen LogP contribution in [0.25, 0.3) is 0 Å². The number of carbonyl (C=O) groups is 1. The molecule has 0 heterocycles. The average Bonchev–Trinajstić information content (AvgIpc) is 2.81. The minimum Gasteiger partial charge on any atom is -0.462 e. The zero-order valence-electron chi connectivity index (χ0n) is 17.1. The molecular weight excluding hydrogens is 448 g/mol. The number of benzene rings is 3. The topological polar surface area (TPSA) is 87.5 Å². The summed E-state index contributed by atoms with van der Waals surface area (Å²) in [6.45, 7) is 0.160. The highest BCUT2D eigenvalue weighted by molar-refractivity contribution is 7.93. The van der Waals surface area contributed by atoms with Crippen molar-refractivity contribution < 1.29 is 17.9 Å².